The molecule has 0 aromatic heterocycles. The highest BCUT2D eigenvalue weighted by Gasteiger charge is 2.14. The zero-order valence-corrected chi connectivity index (χ0v) is 6.61. The maximum atomic E-state index is 3.92. The Bertz CT molecular complexity index is 116. The van der Waals surface area contributed by atoms with Crippen LogP contribution in [0.15, 0.2) is 12.2 Å². The van der Waals surface area contributed by atoms with Gasteiger partial charge in [0.25, 0.3) is 0 Å². The third-order valence-electron chi connectivity index (χ3n) is 1.92. The highest BCUT2D eigenvalue weighted by atomic mass is 15.1. The Morgan fingerprint density at radius 2 is 2.40 bits per heavy atom. The number of rotatable bonds is 4. The van der Waals surface area contributed by atoms with E-state index in [9.17, 15) is 0 Å². The summed E-state index contributed by atoms with van der Waals surface area (Å²) in [7, 11) is 0. The van der Waals surface area contributed by atoms with Gasteiger partial charge in [0.2, 0.25) is 0 Å². The first-order valence-electron chi connectivity index (χ1n) is 3.93. The molecule has 10 heavy (non-hydrogen) atoms. The molecule has 0 atom stereocenters. The van der Waals surface area contributed by atoms with Gasteiger partial charge in [0.05, 0.1) is 0 Å². The van der Waals surface area contributed by atoms with Crippen molar-refractivity contribution in [2.75, 3.05) is 19.6 Å². The molecular weight excluding hydrogens is 124 g/mol. The Morgan fingerprint density at radius 1 is 1.70 bits per heavy atom. The fourth-order valence-corrected chi connectivity index (χ4v) is 0.847. The molecule has 0 aromatic carbocycles. The largest absolute Gasteiger partial charge is 0.314 e. The molecule has 1 aliphatic rings. The van der Waals surface area contributed by atoms with Crippen LogP contribution in [0.4, 0.5) is 0 Å². The van der Waals surface area contributed by atoms with Crippen molar-refractivity contribution in [3.63, 3.8) is 0 Å². The summed E-state index contributed by atoms with van der Waals surface area (Å²) in [4.78, 5) is 0. The molecule has 1 aliphatic heterocycles. The van der Waals surface area contributed by atoms with E-state index in [1.165, 1.54) is 5.57 Å². The van der Waals surface area contributed by atoms with Gasteiger partial charge in [-0.2, -0.15) is 0 Å². The summed E-state index contributed by atoms with van der Waals surface area (Å²) in [6.45, 7) is 9.30. The van der Waals surface area contributed by atoms with Gasteiger partial charge in [-0.05, 0) is 6.42 Å². The fourth-order valence-electron chi connectivity index (χ4n) is 0.847. The lowest BCUT2D eigenvalue weighted by Crippen LogP contribution is -2.55. The van der Waals surface area contributed by atoms with Crippen LogP contribution in [0.2, 0.25) is 0 Å². The highest BCUT2D eigenvalue weighted by Crippen LogP contribution is 1.96. The third kappa shape index (κ3) is 2.12. The maximum Gasteiger partial charge on any atom is 0.0320 e. The van der Waals surface area contributed by atoms with Crippen molar-refractivity contribution in [3.8, 4) is 0 Å². The molecule has 0 unspecified atom stereocenters. The molecule has 1 rings (SSSR count). The fraction of sp³-hybridized carbons (Fsp3) is 0.750. The minimum atomic E-state index is 0.697. The van der Waals surface area contributed by atoms with Gasteiger partial charge in [0.15, 0.2) is 0 Å². The van der Waals surface area contributed by atoms with Crippen molar-refractivity contribution in [1.29, 1.82) is 0 Å². The molecule has 2 nitrogen and oxygen atoms in total. The van der Waals surface area contributed by atoms with E-state index in [0.717, 1.165) is 26.1 Å². The van der Waals surface area contributed by atoms with Crippen LogP contribution in [0.25, 0.3) is 0 Å². The molecule has 0 aliphatic carbocycles. The Labute approximate surface area is 62.7 Å². The minimum absolute atomic E-state index is 0.697. The Morgan fingerprint density at radius 3 is 2.80 bits per heavy atom. The Kier molecular flexibility index (Phi) is 2.90. The molecular formula is C8H16N2. The second-order valence-electron chi connectivity index (χ2n) is 2.84. The summed E-state index contributed by atoms with van der Waals surface area (Å²) in [6, 6.07) is 0.697. The average molecular weight is 140 g/mol. The average Bonchev–Trinajstić information content (AvgIpc) is 1.84. The lowest BCUT2D eigenvalue weighted by atomic mass is 10.1. The van der Waals surface area contributed by atoms with Crippen LogP contribution >= 0.6 is 0 Å². The van der Waals surface area contributed by atoms with E-state index in [0.29, 0.717) is 6.04 Å². The molecule has 0 spiro atoms. The van der Waals surface area contributed by atoms with Crippen LogP contribution < -0.4 is 10.6 Å². The predicted molar refractivity (Wildman–Crippen MR) is 44.1 cm³/mol. The Hall–Kier alpha value is -0.340. The first-order chi connectivity index (χ1) is 4.83. The second-order valence-corrected chi connectivity index (χ2v) is 2.84. The van der Waals surface area contributed by atoms with Crippen molar-refractivity contribution in [3.05, 3.63) is 12.2 Å². The lowest BCUT2D eigenvalue weighted by molar-refractivity contribution is 0.376. The van der Waals surface area contributed by atoms with Crippen LogP contribution in [-0.4, -0.2) is 25.7 Å². The summed E-state index contributed by atoms with van der Waals surface area (Å²) >= 11 is 0. The van der Waals surface area contributed by atoms with Gasteiger partial charge in [-0.1, -0.05) is 19.1 Å². The molecule has 0 saturated carbocycles. The molecule has 2 N–H and O–H groups in total. The van der Waals surface area contributed by atoms with Crippen molar-refractivity contribution in [2.45, 2.75) is 19.4 Å². The van der Waals surface area contributed by atoms with Crippen LogP contribution in [0, 0.1) is 0 Å². The molecule has 0 bridgehead atoms. The van der Waals surface area contributed by atoms with Gasteiger partial charge in [0.1, 0.15) is 0 Å². The quantitative estimate of drug-likeness (QED) is 0.556. The van der Waals surface area contributed by atoms with Crippen LogP contribution in [0.3, 0.4) is 0 Å². The van der Waals surface area contributed by atoms with E-state index >= 15 is 0 Å². The topological polar surface area (TPSA) is 24.1 Å². The van der Waals surface area contributed by atoms with E-state index in [4.69, 9.17) is 0 Å². The van der Waals surface area contributed by atoms with Crippen molar-refractivity contribution < 1.29 is 0 Å². The van der Waals surface area contributed by atoms with E-state index in [-0.39, 0.29) is 0 Å². The molecule has 0 amide bonds. The van der Waals surface area contributed by atoms with E-state index in [1.54, 1.807) is 0 Å². The highest BCUT2D eigenvalue weighted by molar-refractivity contribution is 4.97. The van der Waals surface area contributed by atoms with Gasteiger partial charge in [0, 0.05) is 25.7 Å². The lowest BCUT2D eigenvalue weighted by Gasteiger charge is -2.28. The van der Waals surface area contributed by atoms with E-state index in [2.05, 4.69) is 24.1 Å². The smallest absolute Gasteiger partial charge is 0.0320 e. The standard InChI is InChI=1S/C8H16N2/c1-3-7(2)4-10-8-5-9-6-8/h8-10H,2-6H2,1H3. The van der Waals surface area contributed by atoms with Crippen LogP contribution in [0.5, 0.6) is 0 Å². The Balaban J connectivity index is 1.98. The molecule has 58 valence electrons. The van der Waals surface area contributed by atoms with Crippen LogP contribution in [0.1, 0.15) is 13.3 Å². The summed E-state index contributed by atoms with van der Waals surface area (Å²) < 4.78 is 0. The SMILES string of the molecule is C=C(CC)CNC1CNC1. The second kappa shape index (κ2) is 3.74. The molecule has 1 fully saturated rings. The monoisotopic (exact) mass is 140 g/mol. The first kappa shape index (κ1) is 7.76. The van der Waals surface area contributed by atoms with Gasteiger partial charge < -0.3 is 10.6 Å². The first-order valence-corrected chi connectivity index (χ1v) is 3.93. The number of hydrogen-bond acceptors (Lipinski definition) is 2. The van der Waals surface area contributed by atoms with Crippen molar-refractivity contribution >= 4 is 0 Å². The van der Waals surface area contributed by atoms with E-state index < -0.39 is 0 Å². The third-order valence-corrected chi connectivity index (χ3v) is 1.92. The molecule has 1 saturated heterocycles. The minimum Gasteiger partial charge on any atom is -0.314 e. The van der Waals surface area contributed by atoms with Gasteiger partial charge in [-0.15, -0.1) is 0 Å². The van der Waals surface area contributed by atoms with Gasteiger partial charge >= 0.3 is 0 Å². The van der Waals surface area contributed by atoms with Crippen molar-refractivity contribution in [2.24, 2.45) is 0 Å². The molecule has 0 radical (unpaired) electrons. The van der Waals surface area contributed by atoms with Gasteiger partial charge in [-0.25, -0.2) is 0 Å². The summed E-state index contributed by atoms with van der Waals surface area (Å²) in [5.74, 6) is 0. The molecule has 1 heterocycles. The zero-order chi connectivity index (χ0) is 7.40. The van der Waals surface area contributed by atoms with Crippen molar-refractivity contribution in [1.82, 2.24) is 10.6 Å². The maximum absolute atomic E-state index is 3.92. The zero-order valence-electron chi connectivity index (χ0n) is 6.61. The molecule has 0 aromatic rings. The summed E-state index contributed by atoms with van der Waals surface area (Å²) in [5, 5.41) is 6.62. The summed E-state index contributed by atoms with van der Waals surface area (Å²) in [6.07, 6.45) is 1.09. The van der Waals surface area contributed by atoms with E-state index in [1.807, 2.05) is 0 Å². The molecule has 2 heteroatoms. The normalized spacial score (nSPS) is 18.5. The van der Waals surface area contributed by atoms with Gasteiger partial charge in [-0.3, -0.25) is 0 Å². The predicted octanol–water partition coefficient (Wildman–Crippen LogP) is 0.514. The van der Waals surface area contributed by atoms with Crippen LogP contribution in [-0.2, 0) is 0 Å². The number of nitrogens with one attached hydrogen (secondary N) is 2. The summed E-state index contributed by atoms with van der Waals surface area (Å²) in [5.41, 5.74) is 1.30. The number of hydrogen-bond donors (Lipinski definition) is 2.